The maximum absolute atomic E-state index is 15.0. The number of ether oxygens (including phenoxy) is 1. The Labute approximate surface area is 252 Å². The van der Waals surface area contributed by atoms with E-state index in [1.165, 1.54) is 24.5 Å². The molecule has 44 heavy (non-hydrogen) atoms. The van der Waals surface area contributed by atoms with E-state index < -0.39 is 18.2 Å². The van der Waals surface area contributed by atoms with Crippen LogP contribution in [-0.4, -0.2) is 81.9 Å². The van der Waals surface area contributed by atoms with Crippen LogP contribution in [0.5, 0.6) is 5.75 Å². The van der Waals surface area contributed by atoms with Crippen molar-refractivity contribution < 1.29 is 23.1 Å². The van der Waals surface area contributed by atoms with Crippen LogP contribution in [0.25, 0.3) is 16.9 Å². The SMILES string of the molecule is Cc1cc(Nc2nccn3c(-c4ccc(OCC#N)c(F)c4F)cnc23)ccc1C(=O)N1CCN(C(=O)[C@@H]2CCNC2)CC1. The molecule has 2 fully saturated rings. The molecule has 0 saturated carbocycles. The van der Waals surface area contributed by atoms with E-state index in [2.05, 4.69) is 20.6 Å². The van der Waals surface area contributed by atoms with Crippen LogP contribution in [0.1, 0.15) is 22.3 Å². The number of piperazine rings is 1. The van der Waals surface area contributed by atoms with E-state index in [9.17, 15) is 18.4 Å². The predicted molar refractivity (Wildman–Crippen MR) is 157 cm³/mol. The van der Waals surface area contributed by atoms with Crippen molar-refractivity contribution in [3.63, 3.8) is 0 Å². The first-order chi connectivity index (χ1) is 21.4. The van der Waals surface area contributed by atoms with Crippen LogP contribution in [-0.2, 0) is 4.79 Å². The number of fused-ring (bicyclic) bond motifs is 1. The van der Waals surface area contributed by atoms with E-state index in [0.29, 0.717) is 54.6 Å². The first-order valence-corrected chi connectivity index (χ1v) is 14.3. The van der Waals surface area contributed by atoms with Gasteiger partial charge < -0.3 is 25.2 Å². The highest BCUT2D eigenvalue weighted by molar-refractivity contribution is 5.96. The predicted octanol–water partition coefficient (Wildman–Crippen LogP) is 3.52. The number of anilines is 2. The fraction of sp³-hybridized carbons (Fsp3) is 0.323. The van der Waals surface area contributed by atoms with Crippen LogP contribution in [0.4, 0.5) is 20.3 Å². The number of imidazole rings is 1. The minimum atomic E-state index is -1.19. The highest BCUT2D eigenvalue weighted by Gasteiger charge is 2.31. The van der Waals surface area contributed by atoms with Crippen LogP contribution in [0.3, 0.4) is 0 Å². The van der Waals surface area contributed by atoms with Gasteiger partial charge in [-0.2, -0.15) is 9.65 Å². The summed E-state index contributed by atoms with van der Waals surface area (Å²) in [7, 11) is 0. The lowest BCUT2D eigenvalue weighted by molar-refractivity contribution is -0.136. The van der Waals surface area contributed by atoms with E-state index in [-0.39, 0.29) is 29.0 Å². The molecule has 2 saturated heterocycles. The molecule has 2 N–H and O–H groups in total. The lowest BCUT2D eigenvalue weighted by atomic mass is 10.0. The Morgan fingerprint density at radius 2 is 1.91 bits per heavy atom. The fourth-order valence-electron chi connectivity index (χ4n) is 5.70. The molecule has 11 nitrogen and oxygen atoms in total. The topological polar surface area (TPSA) is 128 Å². The minimum Gasteiger partial charge on any atom is -0.476 e. The second-order valence-corrected chi connectivity index (χ2v) is 10.8. The number of hydrogen-bond acceptors (Lipinski definition) is 8. The van der Waals surface area contributed by atoms with Crippen molar-refractivity contribution in [2.75, 3.05) is 51.2 Å². The molecule has 0 radical (unpaired) electrons. The number of carbonyl (C=O) groups is 2. The Hall–Kier alpha value is -5.09. The van der Waals surface area contributed by atoms with Crippen molar-refractivity contribution in [3.05, 3.63) is 71.7 Å². The molecule has 2 aromatic carbocycles. The molecular formula is C31H30F2N8O3. The lowest BCUT2D eigenvalue weighted by Gasteiger charge is -2.36. The summed E-state index contributed by atoms with van der Waals surface area (Å²) in [6.07, 6.45) is 5.38. The summed E-state index contributed by atoms with van der Waals surface area (Å²) >= 11 is 0. The largest absolute Gasteiger partial charge is 0.476 e. The van der Waals surface area contributed by atoms with E-state index in [4.69, 9.17) is 10.00 Å². The van der Waals surface area contributed by atoms with Crippen molar-refractivity contribution in [2.45, 2.75) is 13.3 Å². The molecule has 0 unspecified atom stereocenters. The highest BCUT2D eigenvalue weighted by atomic mass is 19.2. The normalized spacial score (nSPS) is 16.6. The number of nitrogens with one attached hydrogen (secondary N) is 2. The molecule has 6 rings (SSSR count). The fourth-order valence-corrected chi connectivity index (χ4v) is 5.70. The van der Waals surface area contributed by atoms with E-state index in [0.717, 1.165) is 25.1 Å². The Kier molecular flexibility index (Phi) is 8.08. The Morgan fingerprint density at radius 3 is 2.64 bits per heavy atom. The zero-order valence-corrected chi connectivity index (χ0v) is 24.0. The third kappa shape index (κ3) is 5.51. The number of aryl methyl sites for hydroxylation is 1. The van der Waals surface area contributed by atoms with Gasteiger partial charge in [0.2, 0.25) is 11.7 Å². The van der Waals surface area contributed by atoms with E-state index >= 15 is 0 Å². The van der Waals surface area contributed by atoms with Gasteiger partial charge in [-0.15, -0.1) is 0 Å². The van der Waals surface area contributed by atoms with E-state index in [1.54, 1.807) is 33.7 Å². The molecule has 2 aliphatic heterocycles. The average Bonchev–Trinajstić information content (AvgIpc) is 3.73. The smallest absolute Gasteiger partial charge is 0.254 e. The van der Waals surface area contributed by atoms with Crippen molar-refractivity contribution in [2.24, 2.45) is 5.92 Å². The van der Waals surface area contributed by atoms with Gasteiger partial charge >= 0.3 is 0 Å². The summed E-state index contributed by atoms with van der Waals surface area (Å²) in [5.41, 5.74) is 2.65. The Balaban J connectivity index is 1.16. The summed E-state index contributed by atoms with van der Waals surface area (Å²) < 4.78 is 36.1. The maximum Gasteiger partial charge on any atom is 0.254 e. The molecule has 4 heterocycles. The van der Waals surface area contributed by atoms with Gasteiger partial charge in [-0.1, -0.05) is 0 Å². The van der Waals surface area contributed by atoms with Crippen molar-refractivity contribution in [1.29, 1.82) is 5.26 Å². The molecule has 0 bridgehead atoms. The second kappa shape index (κ2) is 12.3. The van der Waals surface area contributed by atoms with Gasteiger partial charge in [0.05, 0.1) is 17.8 Å². The summed E-state index contributed by atoms with van der Waals surface area (Å²) in [6.45, 7) is 5.06. The molecule has 4 aromatic rings. The molecule has 0 aliphatic carbocycles. The number of benzene rings is 2. The maximum atomic E-state index is 15.0. The first kappa shape index (κ1) is 29.0. The van der Waals surface area contributed by atoms with Gasteiger partial charge in [0.1, 0.15) is 6.07 Å². The molecule has 226 valence electrons. The van der Waals surface area contributed by atoms with Crippen LogP contribution in [0.2, 0.25) is 0 Å². The van der Waals surface area contributed by atoms with Gasteiger partial charge in [-0.25, -0.2) is 14.4 Å². The quantitative estimate of drug-likeness (QED) is 0.330. The van der Waals surface area contributed by atoms with Gasteiger partial charge in [-0.05, 0) is 55.8 Å². The molecule has 2 aliphatic rings. The number of aromatic nitrogens is 3. The van der Waals surface area contributed by atoms with E-state index in [1.807, 2.05) is 17.9 Å². The Morgan fingerprint density at radius 1 is 1.11 bits per heavy atom. The molecule has 13 heteroatoms. The zero-order chi connectivity index (χ0) is 30.8. The molecular weight excluding hydrogens is 570 g/mol. The number of nitriles is 1. The Bertz CT molecular complexity index is 1770. The first-order valence-electron chi connectivity index (χ1n) is 14.3. The average molecular weight is 601 g/mol. The third-order valence-electron chi connectivity index (χ3n) is 8.05. The summed E-state index contributed by atoms with van der Waals surface area (Å²) in [5.74, 6) is -2.17. The van der Waals surface area contributed by atoms with Crippen LogP contribution in [0, 0.1) is 35.8 Å². The molecule has 1 atom stereocenters. The molecule has 2 amide bonds. The standard InChI is InChI=1S/C31H30F2N8O3/c1-19-16-21(2-3-22(19)31(43)40-13-11-39(12-14-40)30(42)20-6-8-35-17-20)38-28-29-37-18-24(41(29)10-9-36-28)23-4-5-25(44-15-7-34)27(33)26(23)32/h2-5,9-10,16,18,20,35H,6,8,11-15,17H2,1H3,(H,36,38)/t20-/m1/s1. The van der Waals surface area contributed by atoms with Gasteiger partial charge in [0.15, 0.2) is 29.6 Å². The number of carbonyl (C=O) groups excluding carboxylic acids is 2. The minimum absolute atomic E-state index is 0.0278. The summed E-state index contributed by atoms with van der Waals surface area (Å²) in [6, 6.07) is 9.73. The number of hydrogen-bond donors (Lipinski definition) is 2. The number of halogens is 2. The van der Waals surface area contributed by atoms with Gasteiger partial charge in [0, 0.05) is 61.9 Å². The third-order valence-corrected chi connectivity index (χ3v) is 8.05. The lowest BCUT2D eigenvalue weighted by Crippen LogP contribution is -2.52. The summed E-state index contributed by atoms with van der Waals surface area (Å²) in [4.78, 5) is 38.5. The summed E-state index contributed by atoms with van der Waals surface area (Å²) in [5, 5.41) is 15.1. The number of amides is 2. The second-order valence-electron chi connectivity index (χ2n) is 10.8. The van der Waals surface area contributed by atoms with Gasteiger partial charge in [0.25, 0.3) is 5.91 Å². The van der Waals surface area contributed by atoms with Crippen LogP contribution >= 0.6 is 0 Å². The zero-order valence-electron chi connectivity index (χ0n) is 24.0. The van der Waals surface area contributed by atoms with Crippen molar-refractivity contribution in [3.8, 4) is 23.1 Å². The molecule has 0 spiro atoms. The van der Waals surface area contributed by atoms with Crippen LogP contribution < -0.4 is 15.4 Å². The number of rotatable bonds is 7. The molecule has 2 aromatic heterocycles. The number of nitrogens with zero attached hydrogens (tertiary/aromatic N) is 6. The monoisotopic (exact) mass is 600 g/mol. The highest BCUT2D eigenvalue weighted by Crippen LogP contribution is 2.32. The van der Waals surface area contributed by atoms with Crippen LogP contribution in [0.15, 0.2) is 48.9 Å². The van der Waals surface area contributed by atoms with Gasteiger partial charge in [-0.3, -0.25) is 14.0 Å². The van der Waals surface area contributed by atoms with Crippen molar-refractivity contribution in [1.82, 2.24) is 29.5 Å². The van der Waals surface area contributed by atoms with Crippen molar-refractivity contribution >= 4 is 29.0 Å².